The zero-order valence-corrected chi connectivity index (χ0v) is 10.4. The van der Waals surface area contributed by atoms with E-state index in [0.29, 0.717) is 5.25 Å². The first-order valence-corrected chi connectivity index (χ1v) is 6.33. The maximum Gasteiger partial charge on any atom is 0.154 e. The highest BCUT2D eigenvalue weighted by molar-refractivity contribution is 8.00. The molecule has 1 saturated heterocycles. The van der Waals surface area contributed by atoms with E-state index < -0.39 is 0 Å². The molecule has 0 N–H and O–H groups in total. The molecule has 5 heteroatoms. The largest absolute Gasteiger partial charge is 0.381 e. The van der Waals surface area contributed by atoms with Crippen molar-refractivity contribution < 1.29 is 9.53 Å². The SMILES string of the molecule is Cc1nn(C)c(SC2CCOCC2)c1C=O. The minimum absolute atomic E-state index is 0.544. The van der Waals surface area contributed by atoms with Gasteiger partial charge in [-0.05, 0) is 19.8 Å². The highest BCUT2D eigenvalue weighted by Crippen LogP contribution is 2.32. The predicted molar refractivity (Wildman–Crippen MR) is 63.0 cm³/mol. The van der Waals surface area contributed by atoms with E-state index in [1.165, 1.54) is 0 Å². The quantitative estimate of drug-likeness (QED) is 0.756. The Hall–Kier alpha value is -0.810. The molecule has 1 aromatic rings. The number of ether oxygens (including phenoxy) is 1. The van der Waals surface area contributed by atoms with Crippen LogP contribution in [0, 0.1) is 6.92 Å². The average Bonchev–Trinajstić information content (AvgIpc) is 2.55. The second kappa shape index (κ2) is 5.01. The lowest BCUT2D eigenvalue weighted by Gasteiger charge is -2.21. The van der Waals surface area contributed by atoms with Gasteiger partial charge in [0.25, 0.3) is 0 Å². The maximum absolute atomic E-state index is 11.0. The Bertz CT molecular complexity index is 384. The number of aryl methyl sites for hydroxylation is 2. The highest BCUT2D eigenvalue weighted by atomic mass is 32.2. The normalized spacial score (nSPS) is 17.6. The van der Waals surface area contributed by atoms with E-state index in [4.69, 9.17) is 4.74 Å². The molecule has 2 rings (SSSR count). The summed E-state index contributed by atoms with van der Waals surface area (Å²) in [6.45, 7) is 3.52. The van der Waals surface area contributed by atoms with Gasteiger partial charge in [-0.15, -0.1) is 11.8 Å². The molecular formula is C11H16N2O2S. The van der Waals surface area contributed by atoms with Crippen LogP contribution in [0.3, 0.4) is 0 Å². The molecule has 0 aliphatic carbocycles. The van der Waals surface area contributed by atoms with Crippen LogP contribution in [0.5, 0.6) is 0 Å². The fourth-order valence-electron chi connectivity index (χ4n) is 1.88. The third-order valence-corrected chi connectivity index (χ3v) is 4.29. The lowest BCUT2D eigenvalue weighted by atomic mass is 10.2. The van der Waals surface area contributed by atoms with E-state index in [2.05, 4.69) is 5.10 Å². The summed E-state index contributed by atoms with van der Waals surface area (Å²) in [6, 6.07) is 0. The molecule has 1 aromatic heterocycles. The van der Waals surface area contributed by atoms with Gasteiger partial charge in [-0.3, -0.25) is 9.48 Å². The van der Waals surface area contributed by atoms with Crippen LogP contribution >= 0.6 is 11.8 Å². The van der Waals surface area contributed by atoms with Crippen LogP contribution in [-0.2, 0) is 11.8 Å². The van der Waals surface area contributed by atoms with E-state index >= 15 is 0 Å². The number of aldehydes is 1. The number of aromatic nitrogens is 2. The first-order chi connectivity index (χ1) is 7.72. The minimum Gasteiger partial charge on any atom is -0.381 e. The topological polar surface area (TPSA) is 44.1 Å². The first-order valence-electron chi connectivity index (χ1n) is 5.45. The van der Waals surface area contributed by atoms with Gasteiger partial charge in [0.1, 0.15) is 5.03 Å². The molecule has 0 amide bonds. The molecule has 0 unspecified atom stereocenters. The summed E-state index contributed by atoms with van der Waals surface area (Å²) in [4.78, 5) is 11.0. The molecule has 1 aliphatic heterocycles. The summed E-state index contributed by atoms with van der Waals surface area (Å²) in [5.41, 5.74) is 1.55. The monoisotopic (exact) mass is 240 g/mol. The van der Waals surface area contributed by atoms with Crippen LogP contribution in [-0.4, -0.2) is 34.5 Å². The van der Waals surface area contributed by atoms with E-state index in [-0.39, 0.29) is 0 Å². The molecule has 0 spiro atoms. The summed E-state index contributed by atoms with van der Waals surface area (Å²) in [5.74, 6) is 0. The maximum atomic E-state index is 11.0. The Morgan fingerprint density at radius 2 is 2.19 bits per heavy atom. The molecule has 4 nitrogen and oxygen atoms in total. The highest BCUT2D eigenvalue weighted by Gasteiger charge is 2.20. The van der Waals surface area contributed by atoms with Gasteiger partial charge in [0, 0.05) is 25.5 Å². The summed E-state index contributed by atoms with van der Waals surface area (Å²) in [5, 5.41) is 5.81. The van der Waals surface area contributed by atoms with Gasteiger partial charge in [-0.1, -0.05) is 0 Å². The van der Waals surface area contributed by atoms with Crippen molar-refractivity contribution in [1.29, 1.82) is 0 Å². The predicted octanol–water partition coefficient (Wildman–Crippen LogP) is 1.81. The van der Waals surface area contributed by atoms with E-state index in [0.717, 1.165) is 48.6 Å². The molecule has 1 fully saturated rings. The van der Waals surface area contributed by atoms with Crippen LogP contribution in [0.1, 0.15) is 28.9 Å². The summed E-state index contributed by atoms with van der Waals surface area (Å²) >= 11 is 1.75. The zero-order chi connectivity index (χ0) is 11.5. The van der Waals surface area contributed by atoms with Crippen LogP contribution in [0.4, 0.5) is 0 Å². The van der Waals surface area contributed by atoms with Crippen molar-refractivity contribution in [2.24, 2.45) is 7.05 Å². The second-order valence-electron chi connectivity index (χ2n) is 3.98. The van der Waals surface area contributed by atoms with Gasteiger partial charge >= 0.3 is 0 Å². The Kier molecular flexibility index (Phi) is 3.66. The molecule has 0 bridgehead atoms. The fraction of sp³-hybridized carbons (Fsp3) is 0.636. The lowest BCUT2D eigenvalue weighted by molar-refractivity contribution is 0.1000. The lowest BCUT2D eigenvalue weighted by Crippen LogP contribution is -2.18. The van der Waals surface area contributed by atoms with E-state index in [9.17, 15) is 4.79 Å². The standard InChI is InChI=1S/C11H16N2O2S/c1-8-10(7-14)11(13(2)12-8)16-9-3-5-15-6-4-9/h7,9H,3-6H2,1-2H3. The fourth-order valence-corrected chi connectivity index (χ4v) is 3.14. The van der Waals surface area contributed by atoms with Crippen molar-refractivity contribution in [2.75, 3.05) is 13.2 Å². The third-order valence-electron chi connectivity index (χ3n) is 2.78. The van der Waals surface area contributed by atoms with Crippen LogP contribution in [0.25, 0.3) is 0 Å². The molecule has 2 heterocycles. The van der Waals surface area contributed by atoms with E-state index in [1.807, 2.05) is 14.0 Å². The van der Waals surface area contributed by atoms with Gasteiger partial charge in [-0.2, -0.15) is 5.10 Å². The van der Waals surface area contributed by atoms with Gasteiger partial charge in [-0.25, -0.2) is 0 Å². The molecule has 1 aliphatic rings. The number of rotatable bonds is 3. The zero-order valence-electron chi connectivity index (χ0n) is 9.60. The Labute approximate surface area is 99.4 Å². The Morgan fingerprint density at radius 1 is 1.50 bits per heavy atom. The van der Waals surface area contributed by atoms with Crippen molar-refractivity contribution in [1.82, 2.24) is 9.78 Å². The van der Waals surface area contributed by atoms with Crippen molar-refractivity contribution in [3.63, 3.8) is 0 Å². The van der Waals surface area contributed by atoms with Gasteiger partial charge in [0.05, 0.1) is 11.3 Å². The first kappa shape index (κ1) is 11.7. The minimum atomic E-state index is 0.544. The summed E-state index contributed by atoms with van der Waals surface area (Å²) < 4.78 is 7.13. The molecule has 0 aromatic carbocycles. The van der Waals surface area contributed by atoms with Gasteiger partial charge < -0.3 is 4.74 Å². The number of hydrogen-bond donors (Lipinski definition) is 0. The third kappa shape index (κ3) is 2.30. The van der Waals surface area contributed by atoms with Crippen molar-refractivity contribution in [3.8, 4) is 0 Å². The molecule has 0 atom stereocenters. The number of thioether (sulfide) groups is 1. The van der Waals surface area contributed by atoms with Crippen LogP contribution in [0.2, 0.25) is 0 Å². The van der Waals surface area contributed by atoms with Crippen molar-refractivity contribution in [3.05, 3.63) is 11.3 Å². The molecule has 88 valence electrons. The van der Waals surface area contributed by atoms with Crippen LogP contribution < -0.4 is 0 Å². The molecule has 16 heavy (non-hydrogen) atoms. The van der Waals surface area contributed by atoms with Gasteiger partial charge in [0.2, 0.25) is 0 Å². The second-order valence-corrected chi connectivity index (χ2v) is 5.26. The number of carbonyl (C=O) groups is 1. The average molecular weight is 240 g/mol. The number of carbonyl (C=O) groups excluding carboxylic acids is 1. The Balaban J connectivity index is 2.16. The smallest absolute Gasteiger partial charge is 0.154 e. The summed E-state index contributed by atoms with van der Waals surface area (Å²) in [6.07, 6.45) is 3.00. The molecule has 0 radical (unpaired) electrons. The number of hydrogen-bond acceptors (Lipinski definition) is 4. The summed E-state index contributed by atoms with van der Waals surface area (Å²) in [7, 11) is 1.89. The number of nitrogens with zero attached hydrogens (tertiary/aromatic N) is 2. The molecule has 0 saturated carbocycles. The Morgan fingerprint density at radius 3 is 2.81 bits per heavy atom. The van der Waals surface area contributed by atoms with Crippen molar-refractivity contribution >= 4 is 18.0 Å². The van der Waals surface area contributed by atoms with Crippen LogP contribution in [0.15, 0.2) is 5.03 Å². The molecular weight excluding hydrogens is 224 g/mol. The van der Waals surface area contributed by atoms with E-state index in [1.54, 1.807) is 16.4 Å². The van der Waals surface area contributed by atoms with Gasteiger partial charge in [0.15, 0.2) is 6.29 Å². The van der Waals surface area contributed by atoms with Crippen molar-refractivity contribution in [2.45, 2.75) is 30.0 Å².